The van der Waals surface area contributed by atoms with E-state index in [1.807, 2.05) is 0 Å². The summed E-state index contributed by atoms with van der Waals surface area (Å²) >= 11 is 0. The lowest BCUT2D eigenvalue weighted by molar-refractivity contribution is -0.385. The predicted molar refractivity (Wildman–Crippen MR) is 49.3 cm³/mol. The number of nitro groups is 1. The second-order valence-electron chi connectivity index (χ2n) is 2.49. The smallest absolute Gasteiger partial charge is 0.310 e. The minimum Gasteiger partial charge on any atom is -0.484 e. The van der Waals surface area contributed by atoms with E-state index < -0.39 is 4.92 Å². The number of nitro benzene ring substituents is 1. The molecule has 0 aliphatic heterocycles. The van der Waals surface area contributed by atoms with E-state index in [0.29, 0.717) is 6.61 Å². The molecule has 0 aliphatic rings. The normalized spacial score (nSPS) is 9.79. The third-order valence-corrected chi connectivity index (χ3v) is 1.55. The number of methoxy groups -OCH3 is 1. The summed E-state index contributed by atoms with van der Waals surface area (Å²) in [4.78, 5) is 10.0. The third kappa shape index (κ3) is 2.70. The van der Waals surface area contributed by atoms with Crippen LogP contribution in [0, 0.1) is 16.2 Å². The number of ether oxygens (including phenoxy) is 2. The molecule has 0 bridgehead atoms. The quantitative estimate of drug-likeness (QED) is 0.406. The average Bonchev–Trinajstić information content (AvgIpc) is 2.19. The summed E-state index contributed by atoms with van der Waals surface area (Å²) in [5.74, 6) is 0.217. The fourth-order valence-electron chi connectivity index (χ4n) is 0.908. The van der Waals surface area contributed by atoms with Gasteiger partial charge in [0.05, 0.1) is 11.5 Å². The Morgan fingerprint density at radius 2 is 2.36 bits per heavy atom. The zero-order valence-corrected chi connectivity index (χ0v) is 7.73. The van der Waals surface area contributed by atoms with Gasteiger partial charge < -0.3 is 9.47 Å². The Balaban J connectivity index is 2.69. The lowest BCUT2D eigenvalue weighted by Gasteiger charge is -2.04. The molecule has 0 spiro atoms. The van der Waals surface area contributed by atoms with Crippen LogP contribution in [0.15, 0.2) is 18.2 Å². The van der Waals surface area contributed by atoms with Crippen LogP contribution < -0.4 is 4.74 Å². The second kappa shape index (κ2) is 5.18. The van der Waals surface area contributed by atoms with Crippen LogP contribution in [0.1, 0.15) is 0 Å². The van der Waals surface area contributed by atoms with Gasteiger partial charge in [-0.2, -0.15) is 0 Å². The van der Waals surface area contributed by atoms with Gasteiger partial charge in [0.1, 0.15) is 6.61 Å². The summed E-state index contributed by atoms with van der Waals surface area (Å²) in [7, 11) is 1.54. The van der Waals surface area contributed by atoms with Crippen molar-refractivity contribution in [2.45, 2.75) is 0 Å². The molecule has 1 aromatic rings. The molecule has 0 heterocycles. The number of nitrogens with zero attached hydrogens (tertiary/aromatic N) is 1. The molecule has 0 saturated carbocycles. The van der Waals surface area contributed by atoms with Crippen LogP contribution in [0.25, 0.3) is 0 Å². The van der Waals surface area contributed by atoms with Crippen LogP contribution in [0.2, 0.25) is 0 Å². The van der Waals surface area contributed by atoms with Crippen molar-refractivity contribution in [3.63, 3.8) is 0 Å². The largest absolute Gasteiger partial charge is 0.484 e. The Morgan fingerprint density at radius 3 is 3.00 bits per heavy atom. The highest BCUT2D eigenvalue weighted by Crippen LogP contribution is 2.25. The van der Waals surface area contributed by atoms with Gasteiger partial charge in [-0.1, -0.05) is 0 Å². The summed E-state index contributed by atoms with van der Waals surface area (Å²) < 4.78 is 9.90. The van der Waals surface area contributed by atoms with E-state index in [-0.39, 0.29) is 18.0 Å². The van der Waals surface area contributed by atoms with Crippen molar-refractivity contribution in [2.24, 2.45) is 0 Å². The van der Waals surface area contributed by atoms with Gasteiger partial charge in [-0.15, -0.1) is 0 Å². The molecular weight excluding hydrogens is 186 g/mol. The topological polar surface area (TPSA) is 61.6 Å². The predicted octanol–water partition coefficient (Wildman–Crippen LogP) is 1.42. The maximum atomic E-state index is 10.5. The number of hydrogen-bond acceptors (Lipinski definition) is 4. The highest BCUT2D eigenvalue weighted by molar-refractivity contribution is 5.45. The van der Waals surface area contributed by atoms with Crippen molar-refractivity contribution in [3.05, 3.63) is 34.4 Å². The van der Waals surface area contributed by atoms with E-state index in [1.54, 1.807) is 0 Å². The van der Waals surface area contributed by atoms with Crippen LogP contribution >= 0.6 is 0 Å². The van der Waals surface area contributed by atoms with Crippen molar-refractivity contribution in [2.75, 3.05) is 20.3 Å². The van der Waals surface area contributed by atoms with Crippen molar-refractivity contribution in [1.82, 2.24) is 0 Å². The van der Waals surface area contributed by atoms with E-state index in [0.717, 1.165) is 0 Å². The second-order valence-corrected chi connectivity index (χ2v) is 2.49. The highest BCUT2D eigenvalue weighted by atomic mass is 16.6. The molecule has 1 rings (SSSR count). The first-order valence-corrected chi connectivity index (χ1v) is 4.02. The number of hydrogen-bond donors (Lipinski definition) is 0. The molecular formula is C9H10NO4. The summed E-state index contributed by atoms with van der Waals surface area (Å²) in [6.45, 7) is 0.682. The summed E-state index contributed by atoms with van der Waals surface area (Å²) in [5.41, 5.74) is -0.0557. The Morgan fingerprint density at radius 1 is 1.57 bits per heavy atom. The maximum Gasteiger partial charge on any atom is 0.310 e. The zero-order chi connectivity index (χ0) is 10.4. The first-order valence-electron chi connectivity index (χ1n) is 4.02. The number of rotatable bonds is 5. The minimum atomic E-state index is -0.490. The van der Waals surface area contributed by atoms with Crippen molar-refractivity contribution < 1.29 is 14.4 Å². The standard InChI is InChI=1S/C9H10NO4/c1-13-6-7-14-9-5-3-2-4-8(9)10(11)12/h2,4-5H,6-7H2,1H3. The van der Waals surface area contributed by atoms with Crippen molar-refractivity contribution in [3.8, 4) is 5.75 Å². The van der Waals surface area contributed by atoms with Gasteiger partial charge in [-0.05, 0) is 18.2 Å². The fraction of sp³-hybridized carbons (Fsp3) is 0.333. The molecule has 0 fully saturated rings. The van der Waals surface area contributed by atoms with Crippen LogP contribution in [0.5, 0.6) is 5.75 Å². The molecule has 14 heavy (non-hydrogen) atoms. The summed E-state index contributed by atoms with van der Waals surface area (Å²) in [6.07, 6.45) is 0. The van der Waals surface area contributed by atoms with Crippen molar-refractivity contribution >= 4 is 5.69 Å². The Labute approximate surface area is 81.4 Å². The van der Waals surface area contributed by atoms with Crippen LogP contribution in [0.3, 0.4) is 0 Å². The van der Waals surface area contributed by atoms with Crippen LogP contribution in [0.4, 0.5) is 5.69 Å². The molecule has 0 amide bonds. The molecule has 75 valence electrons. The third-order valence-electron chi connectivity index (χ3n) is 1.55. The van der Waals surface area contributed by atoms with Crippen molar-refractivity contribution in [1.29, 1.82) is 0 Å². The lowest BCUT2D eigenvalue weighted by atomic mass is 10.3. The molecule has 0 aliphatic carbocycles. The first-order chi connectivity index (χ1) is 6.75. The Hall–Kier alpha value is -1.62. The maximum absolute atomic E-state index is 10.5. The van der Waals surface area contributed by atoms with Gasteiger partial charge in [-0.3, -0.25) is 10.1 Å². The molecule has 0 atom stereocenters. The fourth-order valence-corrected chi connectivity index (χ4v) is 0.908. The van der Waals surface area contributed by atoms with Gasteiger partial charge in [0, 0.05) is 13.2 Å². The average molecular weight is 196 g/mol. The monoisotopic (exact) mass is 196 g/mol. The molecule has 0 N–H and O–H groups in total. The molecule has 0 unspecified atom stereocenters. The zero-order valence-electron chi connectivity index (χ0n) is 7.73. The van der Waals surface area contributed by atoms with Crippen LogP contribution in [-0.4, -0.2) is 25.2 Å². The minimum absolute atomic E-state index is 0.0557. The van der Waals surface area contributed by atoms with E-state index in [9.17, 15) is 10.1 Å². The Bertz CT molecular complexity index is 313. The van der Waals surface area contributed by atoms with Gasteiger partial charge in [0.2, 0.25) is 0 Å². The van der Waals surface area contributed by atoms with E-state index >= 15 is 0 Å². The highest BCUT2D eigenvalue weighted by Gasteiger charge is 2.12. The first kappa shape index (κ1) is 10.5. The van der Waals surface area contributed by atoms with Crippen LogP contribution in [-0.2, 0) is 4.74 Å². The van der Waals surface area contributed by atoms with E-state index in [4.69, 9.17) is 9.47 Å². The molecule has 1 aromatic carbocycles. The SMILES string of the molecule is COCCOc1c[c]ccc1[N+](=O)[O-]. The summed E-state index contributed by atoms with van der Waals surface area (Å²) in [5, 5.41) is 10.5. The van der Waals surface area contributed by atoms with E-state index in [2.05, 4.69) is 6.07 Å². The lowest BCUT2D eigenvalue weighted by Crippen LogP contribution is -2.05. The molecule has 5 nitrogen and oxygen atoms in total. The summed E-state index contributed by atoms with van der Waals surface area (Å²) in [6, 6.07) is 6.97. The van der Waals surface area contributed by atoms with E-state index in [1.165, 1.54) is 25.3 Å². The molecule has 5 heteroatoms. The molecule has 0 saturated heterocycles. The Kier molecular flexibility index (Phi) is 3.87. The van der Waals surface area contributed by atoms with Gasteiger partial charge in [-0.25, -0.2) is 0 Å². The van der Waals surface area contributed by atoms with Gasteiger partial charge >= 0.3 is 5.69 Å². The number of benzene rings is 1. The van der Waals surface area contributed by atoms with Gasteiger partial charge in [0.25, 0.3) is 0 Å². The van der Waals surface area contributed by atoms with Gasteiger partial charge in [0.15, 0.2) is 5.75 Å². The molecule has 1 radical (unpaired) electrons. The molecule has 0 aromatic heterocycles.